The summed E-state index contributed by atoms with van der Waals surface area (Å²) in [5, 5.41) is 4.24. The van der Waals surface area contributed by atoms with Crippen molar-refractivity contribution < 1.29 is 19.1 Å². The first-order valence-electron chi connectivity index (χ1n) is 9.66. The summed E-state index contributed by atoms with van der Waals surface area (Å²) in [6, 6.07) is 6.94. The lowest BCUT2D eigenvalue weighted by molar-refractivity contribution is 0.0626. The van der Waals surface area contributed by atoms with E-state index >= 15 is 0 Å². The van der Waals surface area contributed by atoms with Crippen molar-refractivity contribution in [2.24, 2.45) is 5.92 Å². The fourth-order valence-electron chi connectivity index (χ4n) is 3.66. The third kappa shape index (κ3) is 4.03. The third-order valence-corrected chi connectivity index (χ3v) is 5.12. The number of rotatable bonds is 7. The van der Waals surface area contributed by atoms with Gasteiger partial charge in [-0.2, -0.15) is 5.10 Å². The molecular formula is C21H27N3O4. The normalized spacial score (nSPS) is 16.7. The van der Waals surface area contributed by atoms with E-state index in [1.165, 1.54) is 7.11 Å². The van der Waals surface area contributed by atoms with E-state index in [2.05, 4.69) is 5.10 Å². The van der Waals surface area contributed by atoms with E-state index < -0.39 is 0 Å². The van der Waals surface area contributed by atoms with Crippen molar-refractivity contribution in [2.75, 3.05) is 27.3 Å². The Bertz CT molecular complexity index is 846. The minimum absolute atomic E-state index is 0.000862. The Hall–Kier alpha value is -2.83. The molecule has 150 valence electrons. The molecular weight excluding hydrogens is 358 g/mol. The lowest BCUT2D eigenvalue weighted by Crippen LogP contribution is -2.43. The van der Waals surface area contributed by atoms with Crippen LogP contribution in [0.15, 0.2) is 30.5 Å². The topological polar surface area (TPSA) is 73.7 Å². The third-order valence-electron chi connectivity index (χ3n) is 5.12. The van der Waals surface area contributed by atoms with Gasteiger partial charge in [-0.15, -0.1) is 0 Å². The van der Waals surface area contributed by atoms with Gasteiger partial charge in [-0.05, 0) is 37.5 Å². The Labute approximate surface area is 165 Å². The summed E-state index contributed by atoms with van der Waals surface area (Å²) in [6.45, 7) is 3.81. The first-order valence-corrected chi connectivity index (χ1v) is 9.66. The Morgan fingerprint density at radius 1 is 1.21 bits per heavy atom. The van der Waals surface area contributed by atoms with Crippen LogP contribution in [0.1, 0.15) is 47.0 Å². The molecule has 1 aromatic heterocycles. The molecule has 0 saturated carbocycles. The van der Waals surface area contributed by atoms with Gasteiger partial charge in [0.05, 0.1) is 19.8 Å². The summed E-state index contributed by atoms with van der Waals surface area (Å²) in [5.74, 6) is 0.818. The second-order valence-corrected chi connectivity index (χ2v) is 6.96. The number of carbonyl (C=O) groups is 2. The highest BCUT2D eigenvalue weighted by Gasteiger charge is 2.31. The van der Waals surface area contributed by atoms with Gasteiger partial charge >= 0.3 is 0 Å². The number of piperidine rings is 1. The summed E-state index contributed by atoms with van der Waals surface area (Å²) in [4.78, 5) is 27.9. The fourth-order valence-corrected chi connectivity index (χ4v) is 3.66. The zero-order valence-electron chi connectivity index (χ0n) is 16.7. The zero-order chi connectivity index (χ0) is 20.1. The summed E-state index contributed by atoms with van der Waals surface area (Å²) in [7, 11) is 3.11. The van der Waals surface area contributed by atoms with E-state index in [-0.39, 0.29) is 17.6 Å². The summed E-state index contributed by atoms with van der Waals surface area (Å²) in [6.07, 6.45) is 4.10. The lowest BCUT2D eigenvalue weighted by Gasteiger charge is -2.32. The summed E-state index contributed by atoms with van der Waals surface area (Å²) < 4.78 is 12.3. The van der Waals surface area contributed by atoms with Gasteiger partial charge in [0.2, 0.25) is 0 Å². The van der Waals surface area contributed by atoms with Crippen LogP contribution in [0.4, 0.5) is 0 Å². The molecule has 0 radical (unpaired) electrons. The second kappa shape index (κ2) is 8.91. The molecule has 2 heterocycles. The minimum atomic E-state index is -0.248. The predicted octanol–water partition coefficient (Wildman–Crippen LogP) is 3.05. The number of methoxy groups -OCH3 is 2. The number of ether oxygens (including phenoxy) is 2. The molecule has 7 nitrogen and oxygen atoms in total. The monoisotopic (exact) mass is 385 g/mol. The Balaban J connectivity index is 1.77. The van der Waals surface area contributed by atoms with Crippen LogP contribution in [-0.4, -0.2) is 53.7 Å². The van der Waals surface area contributed by atoms with Crippen LogP contribution in [0.5, 0.6) is 11.5 Å². The van der Waals surface area contributed by atoms with Crippen LogP contribution in [-0.2, 0) is 6.54 Å². The maximum absolute atomic E-state index is 13.1. The molecule has 1 aliphatic rings. The molecule has 1 fully saturated rings. The number of aryl methyl sites for hydroxylation is 1. The highest BCUT2D eigenvalue weighted by molar-refractivity contribution is 6.01. The molecule has 1 aliphatic heterocycles. The van der Waals surface area contributed by atoms with Crippen molar-refractivity contribution >= 4 is 11.7 Å². The van der Waals surface area contributed by atoms with Gasteiger partial charge in [-0.25, -0.2) is 0 Å². The van der Waals surface area contributed by atoms with Crippen molar-refractivity contribution in [1.82, 2.24) is 14.7 Å². The smallest absolute Gasteiger partial charge is 0.272 e. The van der Waals surface area contributed by atoms with E-state index in [9.17, 15) is 9.59 Å². The molecule has 0 spiro atoms. The van der Waals surface area contributed by atoms with Crippen LogP contribution in [0, 0.1) is 5.92 Å². The lowest BCUT2D eigenvalue weighted by atomic mass is 9.89. The first kappa shape index (κ1) is 19.9. The van der Waals surface area contributed by atoms with Crippen LogP contribution < -0.4 is 9.47 Å². The standard InChI is InChI=1S/C21H27N3O4/c1-4-11-24-18(9-10-22-24)21(26)23-12-5-6-15(14-23)20(25)17-8-7-16(27-2)13-19(17)28-3/h7-10,13,15H,4-6,11-12,14H2,1-3H3/t15-/m1/s1. The Kier molecular flexibility index (Phi) is 6.34. The zero-order valence-corrected chi connectivity index (χ0v) is 16.7. The molecule has 7 heteroatoms. The van der Waals surface area contributed by atoms with Gasteiger partial charge in [0.25, 0.3) is 5.91 Å². The number of hydrogen-bond donors (Lipinski definition) is 0. The number of ketones is 1. The fraction of sp³-hybridized carbons (Fsp3) is 0.476. The molecule has 0 aliphatic carbocycles. The maximum Gasteiger partial charge on any atom is 0.272 e. The Morgan fingerprint density at radius 3 is 2.75 bits per heavy atom. The molecule has 1 amide bonds. The van der Waals surface area contributed by atoms with Crippen LogP contribution in [0.25, 0.3) is 0 Å². The predicted molar refractivity (Wildman–Crippen MR) is 105 cm³/mol. The highest BCUT2D eigenvalue weighted by Crippen LogP contribution is 2.30. The molecule has 3 rings (SSSR count). The van der Waals surface area contributed by atoms with E-state index in [4.69, 9.17) is 9.47 Å². The number of aromatic nitrogens is 2. The van der Waals surface area contributed by atoms with Gasteiger partial charge < -0.3 is 14.4 Å². The SMILES string of the molecule is CCCn1nccc1C(=O)N1CCC[C@@H](C(=O)c2ccc(OC)cc2OC)C1. The number of carbonyl (C=O) groups excluding carboxylic acids is 2. The van der Waals surface area contributed by atoms with Gasteiger partial charge in [-0.1, -0.05) is 6.92 Å². The van der Waals surface area contributed by atoms with Crippen LogP contribution >= 0.6 is 0 Å². The number of amides is 1. The average molecular weight is 385 g/mol. The van der Waals surface area contributed by atoms with Crippen molar-refractivity contribution in [3.8, 4) is 11.5 Å². The second-order valence-electron chi connectivity index (χ2n) is 6.96. The first-order chi connectivity index (χ1) is 13.6. The number of Topliss-reactive ketones (excluding diaryl/α,β-unsaturated/α-hetero) is 1. The number of likely N-dealkylation sites (tertiary alicyclic amines) is 1. The van der Waals surface area contributed by atoms with E-state index in [0.29, 0.717) is 42.4 Å². The maximum atomic E-state index is 13.1. The van der Waals surface area contributed by atoms with Crippen LogP contribution in [0.3, 0.4) is 0 Å². The van der Waals surface area contributed by atoms with Crippen molar-refractivity contribution in [1.29, 1.82) is 0 Å². The van der Waals surface area contributed by atoms with Gasteiger partial charge in [0, 0.05) is 37.8 Å². The molecule has 1 saturated heterocycles. The van der Waals surface area contributed by atoms with Crippen molar-refractivity contribution in [2.45, 2.75) is 32.7 Å². The molecule has 1 atom stereocenters. The number of hydrogen-bond acceptors (Lipinski definition) is 5. The van der Waals surface area contributed by atoms with Gasteiger partial charge in [0.15, 0.2) is 5.78 Å². The quantitative estimate of drug-likeness (QED) is 0.685. The Morgan fingerprint density at radius 2 is 2.04 bits per heavy atom. The van der Waals surface area contributed by atoms with E-state index in [1.54, 1.807) is 47.2 Å². The molecule has 28 heavy (non-hydrogen) atoms. The number of nitrogens with zero attached hydrogens (tertiary/aromatic N) is 3. The molecule has 0 unspecified atom stereocenters. The summed E-state index contributed by atoms with van der Waals surface area (Å²) >= 11 is 0. The largest absolute Gasteiger partial charge is 0.497 e. The van der Waals surface area contributed by atoms with Gasteiger partial charge in [0.1, 0.15) is 17.2 Å². The molecule has 0 N–H and O–H groups in total. The molecule has 1 aromatic carbocycles. The minimum Gasteiger partial charge on any atom is -0.497 e. The van der Waals surface area contributed by atoms with Gasteiger partial charge in [-0.3, -0.25) is 14.3 Å². The average Bonchev–Trinajstić information content (AvgIpc) is 3.20. The summed E-state index contributed by atoms with van der Waals surface area (Å²) in [5.41, 5.74) is 1.11. The van der Waals surface area contributed by atoms with Crippen LogP contribution in [0.2, 0.25) is 0 Å². The van der Waals surface area contributed by atoms with E-state index in [1.807, 2.05) is 6.92 Å². The molecule has 2 aromatic rings. The number of benzene rings is 1. The molecule has 0 bridgehead atoms. The van der Waals surface area contributed by atoms with Crippen molar-refractivity contribution in [3.63, 3.8) is 0 Å². The van der Waals surface area contributed by atoms with Crippen molar-refractivity contribution in [3.05, 3.63) is 41.7 Å². The highest BCUT2D eigenvalue weighted by atomic mass is 16.5. The van der Waals surface area contributed by atoms with E-state index in [0.717, 1.165) is 19.3 Å².